The number of rotatable bonds is 5. The van der Waals surface area contributed by atoms with Gasteiger partial charge in [0.2, 0.25) is 0 Å². The molecule has 5 heteroatoms. The topological polar surface area (TPSA) is 57.4 Å². The summed E-state index contributed by atoms with van der Waals surface area (Å²) in [6, 6.07) is 8.02. The molecule has 1 aliphatic heterocycles. The number of halogens is 1. The molecular formula is C16H17BrN2O2. The maximum atomic E-state index is 5.81. The van der Waals surface area contributed by atoms with Gasteiger partial charge in [-0.25, -0.2) is 0 Å². The molecule has 0 fully saturated rings. The lowest BCUT2D eigenvalue weighted by Gasteiger charge is -2.11. The fourth-order valence-corrected chi connectivity index (χ4v) is 2.96. The molecule has 2 heterocycles. The average molecular weight is 349 g/mol. The predicted molar refractivity (Wildman–Crippen MR) is 84.7 cm³/mol. The number of nitrogens with zero attached hydrogens (tertiary/aromatic N) is 1. The number of pyridine rings is 1. The van der Waals surface area contributed by atoms with E-state index in [-0.39, 0.29) is 0 Å². The van der Waals surface area contributed by atoms with Crippen LogP contribution in [0.3, 0.4) is 0 Å². The minimum atomic E-state index is 0.472. The zero-order chi connectivity index (χ0) is 14.7. The van der Waals surface area contributed by atoms with E-state index in [1.807, 2.05) is 18.2 Å². The van der Waals surface area contributed by atoms with Crippen molar-refractivity contribution in [3.05, 3.63) is 51.8 Å². The molecule has 2 aromatic rings. The fourth-order valence-electron chi connectivity index (χ4n) is 2.41. The molecule has 4 nitrogen and oxygen atoms in total. The van der Waals surface area contributed by atoms with Gasteiger partial charge in [-0.05, 0) is 36.4 Å². The minimum Gasteiger partial charge on any atom is -0.493 e. The second-order valence-electron chi connectivity index (χ2n) is 4.96. The summed E-state index contributed by atoms with van der Waals surface area (Å²) in [7, 11) is 0. The Morgan fingerprint density at radius 3 is 3.00 bits per heavy atom. The molecular weight excluding hydrogens is 332 g/mol. The van der Waals surface area contributed by atoms with Crippen molar-refractivity contribution in [1.29, 1.82) is 0 Å². The van der Waals surface area contributed by atoms with Crippen LogP contribution in [0.5, 0.6) is 11.5 Å². The molecule has 110 valence electrons. The summed E-state index contributed by atoms with van der Waals surface area (Å²) in [5.41, 5.74) is 8.79. The van der Waals surface area contributed by atoms with Gasteiger partial charge in [0.05, 0.1) is 12.8 Å². The molecule has 0 radical (unpaired) electrons. The van der Waals surface area contributed by atoms with Crippen LogP contribution >= 0.6 is 15.9 Å². The molecule has 0 aliphatic carbocycles. The number of hydrogen-bond acceptors (Lipinski definition) is 4. The van der Waals surface area contributed by atoms with E-state index in [0.29, 0.717) is 13.2 Å². The van der Waals surface area contributed by atoms with E-state index in [4.69, 9.17) is 15.2 Å². The Labute approximate surface area is 132 Å². The van der Waals surface area contributed by atoms with E-state index < -0.39 is 0 Å². The van der Waals surface area contributed by atoms with Gasteiger partial charge < -0.3 is 15.2 Å². The Morgan fingerprint density at radius 1 is 1.33 bits per heavy atom. The van der Waals surface area contributed by atoms with Gasteiger partial charge in [0.1, 0.15) is 18.1 Å². The highest BCUT2D eigenvalue weighted by molar-refractivity contribution is 9.10. The molecule has 0 saturated heterocycles. The van der Waals surface area contributed by atoms with Crippen molar-refractivity contribution >= 4 is 15.9 Å². The highest BCUT2D eigenvalue weighted by atomic mass is 79.9. The van der Waals surface area contributed by atoms with Crippen LogP contribution in [-0.2, 0) is 19.4 Å². The summed E-state index contributed by atoms with van der Waals surface area (Å²) in [4.78, 5) is 4.33. The Hall–Kier alpha value is -1.59. The van der Waals surface area contributed by atoms with Crippen LogP contribution in [0.25, 0.3) is 0 Å². The van der Waals surface area contributed by atoms with Crippen LogP contribution in [-0.4, -0.2) is 18.1 Å². The summed E-state index contributed by atoms with van der Waals surface area (Å²) in [5, 5.41) is 0. The minimum absolute atomic E-state index is 0.472. The molecule has 0 atom stereocenters. The van der Waals surface area contributed by atoms with E-state index in [2.05, 4.69) is 27.0 Å². The second-order valence-corrected chi connectivity index (χ2v) is 5.88. The first kappa shape index (κ1) is 14.4. The van der Waals surface area contributed by atoms with Gasteiger partial charge in [-0.3, -0.25) is 4.98 Å². The third-order valence-electron chi connectivity index (χ3n) is 3.42. The van der Waals surface area contributed by atoms with Gasteiger partial charge in [-0.15, -0.1) is 0 Å². The molecule has 0 unspecified atom stereocenters. The van der Waals surface area contributed by atoms with Crippen LogP contribution < -0.4 is 15.2 Å². The number of aromatic nitrogens is 1. The third-order valence-corrected chi connectivity index (χ3v) is 3.88. The Morgan fingerprint density at radius 2 is 2.24 bits per heavy atom. The number of ether oxygens (including phenoxy) is 2. The third kappa shape index (κ3) is 3.36. The van der Waals surface area contributed by atoms with Gasteiger partial charge in [0.15, 0.2) is 0 Å². The zero-order valence-electron chi connectivity index (χ0n) is 11.6. The monoisotopic (exact) mass is 348 g/mol. The zero-order valence-corrected chi connectivity index (χ0v) is 13.2. The highest BCUT2D eigenvalue weighted by Gasteiger charge is 2.17. The van der Waals surface area contributed by atoms with Crippen LogP contribution in [0.15, 0.2) is 34.9 Å². The number of fused-ring (bicyclic) bond motifs is 1. The van der Waals surface area contributed by atoms with Crippen LogP contribution in [0.2, 0.25) is 0 Å². The van der Waals surface area contributed by atoms with Crippen molar-refractivity contribution in [1.82, 2.24) is 4.98 Å². The average Bonchev–Trinajstić information content (AvgIpc) is 2.94. The molecule has 3 rings (SSSR count). The van der Waals surface area contributed by atoms with Gasteiger partial charge in [0, 0.05) is 28.6 Å². The smallest absolute Gasteiger partial charge is 0.138 e. The lowest BCUT2D eigenvalue weighted by Crippen LogP contribution is -2.04. The van der Waals surface area contributed by atoms with Crippen molar-refractivity contribution in [2.24, 2.45) is 5.73 Å². The summed E-state index contributed by atoms with van der Waals surface area (Å²) >= 11 is 3.53. The largest absolute Gasteiger partial charge is 0.493 e. The number of nitrogens with two attached hydrogens (primary N) is 1. The summed E-state index contributed by atoms with van der Waals surface area (Å²) in [5.74, 6) is 1.72. The van der Waals surface area contributed by atoms with Crippen molar-refractivity contribution in [2.75, 3.05) is 13.2 Å². The normalized spacial score (nSPS) is 12.9. The van der Waals surface area contributed by atoms with Crippen molar-refractivity contribution < 1.29 is 9.47 Å². The Bertz CT molecular complexity index is 629. The Kier molecular flexibility index (Phi) is 4.41. The Balaban J connectivity index is 1.70. The molecule has 21 heavy (non-hydrogen) atoms. The van der Waals surface area contributed by atoms with E-state index in [1.54, 1.807) is 6.20 Å². The first-order valence-electron chi connectivity index (χ1n) is 6.98. The lowest BCUT2D eigenvalue weighted by atomic mass is 10.1. The van der Waals surface area contributed by atoms with Gasteiger partial charge in [-0.2, -0.15) is 0 Å². The SMILES string of the molecule is NCCc1ccc(OCc2cc(Br)cc3c2OCC3)cn1. The molecule has 0 amide bonds. The maximum absolute atomic E-state index is 5.81. The van der Waals surface area contributed by atoms with Gasteiger partial charge in [0.25, 0.3) is 0 Å². The predicted octanol–water partition coefficient (Wildman–Crippen LogP) is 2.86. The molecule has 0 spiro atoms. The van der Waals surface area contributed by atoms with Crippen molar-refractivity contribution in [2.45, 2.75) is 19.4 Å². The van der Waals surface area contributed by atoms with E-state index in [0.717, 1.165) is 46.7 Å². The first-order valence-corrected chi connectivity index (χ1v) is 7.77. The molecule has 1 aromatic heterocycles. The number of benzene rings is 1. The quantitative estimate of drug-likeness (QED) is 0.902. The first-order chi connectivity index (χ1) is 10.3. The second kappa shape index (κ2) is 6.45. The van der Waals surface area contributed by atoms with E-state index >= 15 is 0 Å². The molecule has 0 saturated carbocycles. The lowest BCUT2D eigenvalue weighted by molar-refractivity contribution is 0.290. The standard InChI is InChI=1S/C16H17BrN2O2/c17-13-7-11-4-6-20-16(11)12(8-13)10-21-15-2-1-14(3-5-18)19-9-15/h1-2,7-9H,3-6,10,18H2. The summed E-state index contributed by atoms with van der Waals surface area (Å²) in [6.45, 7) is 1.82. The number of hydrogen-bond donors (Lipinski definition) is 1. The van der Waals surface area contributed by atoms with Gasteiger partial charge in [-0.1, -0.05) is 15.9 Å². The summed E-state index contributed by atoms with van der Waals surface area (Å²) in [6.07, 6.45) is 3.48. The van der Waals surface area contributed by atoms with E-state index in [1.165, 1.54) is 5.56 Å². The van der Waals surface area contributed by atoms with E-state index in [9.17, 15) is 0 Å². The van der Waals surface area contributed by atoms with Crippen LogP contribution in [0.1, 0.15) is 16.8 Å². The van der Waals surface area contributed by atoms with Crippen LogP contribution in [0, 0.1) is 0 Å². The highest BCUT2D eigenvalue weighted by Crippen LogP contribution is 2.33. The molecule has 2 N–H and O–H groups in total. The fraction of sp³-hybridized carbons (Fsp3) is 0.312. The van der Waals surface area contributed by atoms with Crippen LogP contribution in [0.4, 0.5) is 0 Å². The molecule has 0 bridgehead atoms. The maximum Gasteiger partial charge on any atom is 0.138 e. The summed E-state index contributed by atoms with van der Waals surface area (Å²) < 4.78 is 12.6. The molecule has 1 aromatic carbocycles. The molecule has 1 aliphatic rings. The van der Waals surface area contributed by atoms with Crippen molar-refractivity contribution in [3.8, 4) is 11.5 Å². The van der Waals surface area contributed by atoms with Crippen molar-refractivity contribution in [3.63, 3.8) is 0 Å². The van der Waals surface area contributed by atoms with Gasteiger partial charge >= 0.3 is 0 Å².